The van der Waals surface area contributed by atoms with Gasteiger partial charge in [0.25, 0.3) is 17.4 Å². The maximum Gasteiger partial charge on any atom is 0.302 e. The lowest BCUT2D eigenvalue weighted by atomic mass is 9.98. The summed E-state index contributed by atoms with van der Waals surface area (Å²) in [4.78, 5) is 65.2. The van der Waals surface area contributed by atoms with E-state index in [-0.39, 0.29) is 41.8 Å². The van der Waals surface area contributed by atoms with Crippen molar-refractivity contribution in [1.29, 1.82) is 0 Å². The molecule has 1 aliphatic carbocycles. The SMILES string of the molecule is CC(=O)OCc1c(-c2cc(Nc3ccc(C(=O)N4[C@H](C)COC[C@@H]4C)cn3)c(=O)n(C)c2)ccnc1N1CCn2c(cc3c2CCCC3)C1=O. The van der Waals surface area contributed by atoms with E-state index < -0.39 is 5.97 Å². The molecule has 0 aromatic carbocycles. The number of morpholine rings is 1. The molecule has 13 nitrogen and oxygen atoms in total. The number of fused-ring (bicyclic) bond motifs is 3. The maximum absolute atomic E-state index is 14.0. The van der Waals surface area contributed by atoms with Crippen LogP contribution in [0.3, 0.4) is 0 Å². The van der Waals surface area contributed by atoms with Crippen LogP contribution in [0.5, 0.6) is 0 Å². The highest BCUT2D eigenvalue weighted by atomic mass is 16.5. The first-order chi connectivity index (χ1) is 24.1. The molecule has 0 unspecified atom stereocenters. The molecule has 6 heterocycles. The summed E-state index contributed by atoms with van der Waals surface area (Å²) in [6, 6.07) is 8.75. The second-order valence-corrected chi connectivity index (χ2v) is 13.3. The van der Waals surface area contributed by atoms with E-state index in [9.17, 15) is 19.2 Å². The van der Waals surface area contributed by atoms with E-state index in [0.29, 0.717) is 65.9 Å². The van der Waals surface area contributed by atoms with Gasteiger partial charge in [0, 0.05) is 62.5 Å². The van der Waals surface area contributed by atoms with E-state index >= 15 is 0 Å². The quantitative estimate of drug-likeness (QED) is 0.284. The van der Waals surface area contributed by atoms with Gasteiger partial charge in [0.15, 0.2) is 0 Å². The number of hydrogen-bond donors (Lipinski definition) is 1. The van der Waals surface area contributed by atoms with Gasteiger partial charge in [0.05, 0.1) is 30.9 Å². The Morgan fingerprint density at radius 3 is 2.54 bits per heavy atom. The molecular weight excluding hydrogens is 638 g/mol. The van der Waals surface area contributed by atoms with Crippen LogP contribution in [-0.4, -0.2) is 73.6 Å². The minimum Gasteiger partial charge on any atom is -0.461 e. The number of hydrogen-bond acceptors (Lipinski definition) is 9. The normalized spacial score (nSPS) is 18.8. The molecule has 4 aromatic heterocycles. The number of carbonyl (C=O) groups is 3. The molecule has 7 rings (SSSR count). The summed E-state index contributed by atoms with van der Waals surface area (Å²) in [5.41, 5.74) is 5.40. The number of ether oxygens (including phenoxy) is 2. The van der Waals surface area contributed by atoms with Gasteiger partial charge in [-0.05, 0) is 81.0 Å². The molecule has 2 atom stereocenters. The summed E-state index contributed by atoms with van der Waals surface area (Å²) >= 11 is 0. The Kier molecular flexibility index (Phi) is 9.00. The largest absolute Gasteiger partial charge is 0.461 e. The highest BCUT2D eigenvalue weighted by Gasteiger charge is 2.33. The third-order valence-corrected chi connectivity index (χ3v) is 9.80. The fourth-order valence-corrected chi connectivity index (χ4v) is 7.37. The zero-order chi connectivity index (χ0) is 35.1. The van der Waals surface area contributed by atoms with Crippen LogP contribution < -0.4 is 15.8 Å². The molecule has 0 spiro atoms. The molecule has 0 radical (unpaired) electrons. The summed E-state index contributed by atoms with van der Waals surface area (Å²) in [6.07, 6.45) is 9.01. The van der Waals surface area contributed by atoms with Gasteiger partial charge in [-0.1, -0.05) is 0 Å². The van der Waals surface area contributed by atoms with Crippen LogP contribution in [0.2, 0.25) is 0 Å². The lowest BCUT2D eigenvalue weighted by Gasteiger charge is -2.38. The van der Waals surface area contributed by atoms with Crippen molar-refractivity contribution in [2.24, 2.45) is 7.05 Å². The van der Waals surface area contributed by atoms with Crippen LogP contribution in [0, 0.1) is 0 Å². The summed E-state index contributed by atoms with van der Waals surface area (Å²) in [5, 5.41) is 3.12. The van der Waals surface area contributed by atoms with Crippen molar-refractivity contribution in [2.75, 3.05) is 30.0 Å². The second-order valence-electron chi connectivity index (χ2n) is 13.3. The van der Waals surface area contributed by atoms with E-state index in [1.165, 1.54) is 28.9 Å². The second kappa shape index (κ2) is 13.5. The molecule has 2 aliphatic heterocycles. The first kappa shape index (κ1) is 33.2. The fourth-order valence-electron chi connectivity index (χ4n) is 7.37. The standard InChI is InChI=1S/C37H41N7O6/c1-22-19-49-20-23(2)44(22)35(46)26-9-10-33(39-17-26)40-30-15-27(18-41(4)36(30)47)28-11-12-38-34(29(28)21-50-24(3)45)43-14-13-42-31-8-6-5-7-25(31)16-32(42)37(43)48/h9-12,15-18,22-23H,5-8,13-14,19-21H2,1-4H3,(H,39,40)/t22-,23+. The minimum atomic E-state index is -0.467. The third kappa shape index (κ3) is 6.17. The molecule has 2 amide bonds. The van der Waals surface area contributed by atoms with E-state index in [4.69, 9.17) is 9.47 Å². The van der Waals surface area contributed by atoms with Crippen molar-refractivity contribution >= 4 is 35.1 Å². The molecule has 3 aliphatic rings. The van der Waals surface area contributed by atoms with Crippen molar-refractivity contribution < 1.29 is 23.9 Å². The summed E-state index contributed by atoms with van der Waals surface area (Å²) < 4.78 is 14.7. The van der Waals surface area contributed by atoms with Crippen molar-refractivity contribution in [3.05, 3.63) is 87.4 Å². The maximum atomic E-state index is 14.0. The molecule has 50 heavy (non-hydrogen) atoms. The van der Waals surface area contributed by atoms with E-state index in [0.717, 1.165) is 25.7 Å². The number of pyridine rings is 3. The number of esters is 1. The first-order valence-corrected chi connectivity index (χ1v) is 17.1. The molecule has 4 aromatic rings. The van der Waals surface area contributed by atoms with Crippen LogP contribution >= 0.6 is 0 Å². The Hall–Kier alpha value is -5.30. The Labute approximate surface area is 289 Å². The van der Waals surface area contributed by atoms with Gasteiger partial charge in [-0.15, -0.1) is 0 Å². The first-order valence-electron chi connectivity index (χ1n) is 17.1. The zero-order valence-corrected chi connectivity index (χ0v) is 28.8. The van der Waals surface area contributed by atoms with Gasteiger partial charge in [-0.25, -0.2) is 9.97 Å². The van der Waals surface area contributed by atoms with Crippen LogP contribution in [0.25, 0.3) is 11.1 Å². The number of carbonyl (C=O) groups excluding carboxylic acids is 3. The minimum absolute atomic E-state index is 0.0564. The number of rotatable bonds is 7. The third-order valence-electron chi connectivity index (χ3n) is 9.80. The Balaban J connectivity index is 1.20. The number of nitrogens with one attached hydrogen (secondary N) is 1. The summed E-state index contributed by atoms with van der Waals surface area (Å²) in [6.45, 7) is 7.16. The molecule has 260 valence electrons. The Morgan fingerprint density at radius 1 is 1.02 bits per heavy atom. The molecule has 0 saturated carbocycles. The molecule has 1 N–H and O–H groups in total. The number of aryl methyl sites for hydroxylation is 2. The van der Waals surface area contributed by atoms with Crippen LogP contribution in [0.15, 0.2) is 53.7 Å². The van der Waals surface area contributed by atoms with E-state index in [2.05, 4.69) is 19.9 Å². The highest BCUT2D eigenvalue weighted by Crippen LogP contribution is 2.35. The average molecular weight is 680 g/mol. The molecule has 1 saturated heterocycles. The van der Waals surface area contributed by atoms with Crippen LogP contribution in [0.4, 0.5) is 17.3 Å². The van der Waals surface area contributed by atoms with Crippen molar-refractivity contribution in [3.63, 3.8) is 0 Å². The predicted molar refractivity (Wildman–Crippen MR) is 187 cm³/mol. The smallest absolute Gasteiger partial charge is 0.302 e. The van der Waals surface area contributed by atoms with Crippen molar-refractivity contribution in [3.8, 4) is 11.1 Å². The van der Waals surface area contributed by atoms with Crippen molar-refractivity contribution in [2.45, 2.75) is 71.7 Å². The van der Waals surface area contributed by atoms with Gasteiger partial charge in [0.2, 0.25) is 0 Å². The van der Waals surface area contributed by atoms with E-state index in [1.807, 2.05) is 24.8 Å². The van der Waals surface area contributed by atoms with Gasteiger partial charge in [-0.3, -0.25) is 24.1 Å². The zero-order valence-electron chi connectivity index (χ0n) is 28.8. The van der Waals surface area contributed by atoms with E-state index in [1.54, 1.807) is 48.6 Å². The van der Waals surface area contributed by atoms with Gasteiger partial charge >= 0.3 is 5.97 Å². The average Bonchev–Trinajstić information content (AvgIpc) is 3.49. The Morgan fingerprint density at radius 2 is 1.80 bits per heavy atom. The summed E-state index contributed by atoms with van der Waals surface area (Å²) in [7, 11) is 1.65. The molecule has 1 fully saturated rings. The topological polar surface area (TPSA) is 141 Å². The number of anilines is 3. The summed E-state index contributed by atoms with van der Waals surface area (Å²) in [5.74, 6) is 0.0600. The van der Waals surface area contributed by atoms with Gasteiger partial charge in [-0.2, -0.15) is 0 Å². The van der Waals surface area contributed by atoms with Crippen LogP contribution in [0.1, 0.15) is 71.3 Å². The lowest BCUT2D eigenvalue weighted by Crippen LogP contribution is -2.52. The predicted octanol–water partition coefficient (Wildman–Crippen LogP) is 4.24. The monoisotopic (exact) mass is 679 g/mol. The number of amides is 2. The number of aromatic nitrogens is 4. The van der Waals surface area contributed by atoms with Gasteiger partial charge < -0.3 is 28.8 Å². The molecule has 0 bridgehead atoms. The number of nitrogens with zero attached hydrogens (tertiary/aromatic N) is 6. The molecule has 13 heteroatoms. The van der Waals surface area contributed by atoms with Crippen LogP contribution in [-0.2, 0) is 47.3 Å². The Bertz CT molecular complexity index is 2020. The molecular formula is C37H41N7O6. The fraction of sp³-hybridized carbons (Fsp3) is 0.405. The van der Waals surface area contributed by atoms with Gasteiger partial charge in [0.1, 0.15) is 29.6 Å². The lowest BCUT2D eigenvalue weighted by molar-refractivity contribution is -0.142. The van der Waals surface area contributed by atoms with Crippen molar-refractivity contribution in [1.82, 2.24) is 24.0 Å². The highest BCUT2D eigenvalue weighted by molar-refractivity contribution is 6.06.